The summed E-state index contributed by atoms with van der Waals surface area (Å²) in [6.45, 7) is -5.09. The van der Waals surface area contributed by atoms with E-state index < -0.39 is 24.3 Å². The van der Waals surface area contributed by atoms with E-state index >= 15 is 0 Å². The van der Waals surface area contributed by atoms with Crippen molar-refractivity contribution in [3.8, 4) is 0 Å². The van der Waals surface area contributed by atoms with Crippen LogP contribution in [-0.4, -0.2) is 16.8 Å². The number of alkyl halides is 3. The summed E-state index contributed by atoms with van der Waals surface area (Å²) in [6, 6.07) is 5.07. The minimum atomic E-state index is -5.07. The first kappa shape index (κ1) is 14.5. The summed E-state index contributed by atoms with van der Waals surface area (Å²) in [7, 11) is 0. The summed E-state index contributed by atoms with van der Waals surface area (Å²) in [6.07, 6.45) is -3.40. The van der Waals surface area contributed by atoms with E-state index in [4.69, 9.17) is 0 Å². The number of hydrogen-bond acceptors (Lipinski definition) is 1. The Hall–Kier alpha value is -1.93. The van der Waals surface area contributed by atoms with Crippen LogP contribution < -0.4 is 5.46 Å². The molecule has 1 aromatic carbocycles. The Morgan fingerprint density at radius 1 is 1.00 bits per heavy atom. The van der Waals surface area contributed by atoms with Gasteiger partial charge < -0.3 is 12.9 Å². The fourth-order valence-corrected chi connectivity index (χ4v) is 1.63. The van der Waals surface area contributed by atoms with Crippen LogP contribution in [0.4, 0.5) is 26.1 Å². The third-order valence-electron chi connectivity index (χ3n) is 2.63. The fraction of sp³-hybridized carbons (Fsp3) is 0.182. The first-order valence-electron chi connectivity index (χ1n) is 5.56. The van der Waals surface area contributed by atoms with Crippen molar-refractivity contribution in [2.75, 3.05) is 0 Å². The second-order valence-corrected chi connectivity index (χ2v) is 4.21. The summed E-state index contributed by atoms with van der Waals surface area (Å²) in [4.78, 5) is 0. The van der Waals surface area contributed by atoms with Crippen LogP contribution in [0, 0.1) is 0 Å². The van der Waals surface area contributed by atoms with Crippen LogP contribution in [0.25, 0.3) is 0 Å². The van der Waals surface area contributed by atoms with Crippen molar-refractivity contribution in [2.24, 2.45) is 0 Å². The second-order valence-electron chi connectivity index (χ2n) is 4.21. The third-order valence-corrected chi connectivity index (χ3v) is 2.63. The molecular weight excluding hydrogens is 285 g/mol. The van der Waals surface area contributed by atoms with Gasteiger partial charge in [0.25, 0.3) is 0 Å². The smallest absolute Gasteiger partial charge is 0.445 e. The molecule has 2 nitrogen and oxygen atoms in total. The van der Waals surface area contributed by atoms with E-state index in [0.29, 0.717) is 5.56 Å². The monoisotopic (exact) mass is 293 g/mol. The summed E-state index contributed by atoms with van der Waals surface area (Å²) in [5.74, 6) is 0. The molecule has 0 aliphatic rings. The number of hydrogen-bond donors (Lipinski definition) is 0. The fourth-order valence-electron chi connectivity index (χ4n) is 1.63. The van der Waals surface area contributed by atoms with Gasteiger partial charge in [-0.3, -0.25) is 4.68 Å². The molecule has 0 saturated carbocycles. The van der Waals surface area contributed by atoms with E-state index in [1.807, 2.05) is 0 Å². The van der Waals surface area contributed by atoms with Crippen LogP contribution in [0.1, 0.15) is 11.3 Å². The van der Waals surface area contributed by atoms with Gasteiger partial charge in [-0.1, -0.05) is 24.3 Å². The molecule has 108 valence electrons. The number of benzene rings is 1. The molecule has 0 fully saturated rings. The Morgan fingerprint density at radius 2 is 1.60 bits per heavy atom. The van der Waals surface area contributed by atoms with Crippen molar-refractivity contribution in [2.45, 2.75) is 12.7 Å². The molecule has 0 N–H and O–H groups in total. The summed E-state index contributed by atoms with van der Waals surface area (Å²) >= 11 is 0. The average Bonchev–Trinajstić information content (AvgIpc) is 2.77. The third kappa shape index (κ3) is 3.34. The molecule has 0 bridgehead atoms. The zero-order valence-electron chi connectivity index (χ0n) is 9.91. The van der Waals surface area contributed by atoms with Crippen molar-refractivity contribution in [1.82, 2.24) is 9.78 Å². The highest BCUT2D eigenvalue weighted by molar-refractivity contribution is 6.73. The molecule has 1 aromatic heterocycles. The Morgan fingerprint density at radius 3 is 2.05 bits per heavy atom. The molecule has 0 amide bonds. The van der Waals surface area contributed by atoms with Gasteiger partial charge in [-0.15, -0.1) is 5.46 Å². The predicted octanol–water partition coefficient (Wildman–Crippen LogP) is 3.00. The highest BCUT2D eigenvalue weighted by atomic mass is 19.4. The molecule has 1 heterocycles. The van der Waals surface area contributed by atoms with Crippen LogP contribution in [0.5, 0.6) is 0 Å². The van der Waals surface area contributed by atoms with Crippen molar-refractivity contribution < 1.29 is 26.1 Å². The van der Waals surface area contributed by atoms with Gasteiger partial charge in [-0.05, 0) is 11.6 Å². The topological polar surface area (TPSA) is 17.8 Å². The maximum atomic E-state index is 12.4. The molecule has 20 heavy (non-hydrogen) atoms. The molecule has 2 aromatic rings. The zero-order chi connectivity index (χ0) is 15.0. The quantitative estimate of drug-likeness (QED) is 0.628. The van der Waals surface area contributed by atoms with E-state index in [2.05, 4.69) is 5.10 Å². The van der Waals surface area contributed by atoms with E-state index in [1.54, 1.807) is 0 Å². The molecule has 0 aliphatic heterocycles. The van der Waals surface area contributed by atoms with Crippen molar-refractivity contribution in [3.63, 3.8) is 0 Å². The van der Waals surface area contributed by atoms with Gasteiger partial charge in [-0.2, -0.15) is 18.3 Å². The maximum Gasteiger partial charge on any atom is 0.509 e. The molecule has 0 atom stereocenters. The molecular formula is C11H8BF6N2-. The Labute approximate surface area is 110 Å². The molecule has 0 radical (unpaired) electrons. The van der Waals surface area contributed by atoms with Crippen molar-refractivity contribution >= 4 is 12.4 Å². The number of halogens is 6. The molecule has 0 unspecified atom stereocenters. The SMILES string of the molecule is F[B-](F)(F)c1ccc(Cn2ccc(C(F)(F)F)n2)cc1. The highest BCUT2D eigenvalue weighted by Crippen LogP contribution is 2.27. The summed E-state index contributed by atoms with van der Waals surface area (Å²) in [5, 5.41) is 3.32. The van der Waals surface area contributed by atoms with Crippen LogP contribution in [0.3, 0.4) is 0 Å². The average molecular weight is 293 g/mol. The lowest BCUT2D eigenvalue weighted by Crippen LogP contribution is -2.33. The number of rotatable bonds is 3. The van der Waals surface area contributed by atoms with Crippen molar-refractivity contribution in [3.05, 3.63) is 47.8 Å². The van der Waals surface area contributed by atoms with Crippen LogP contribution >= 0.6 is 0 Å². The Bertz CT molecular complexity index is 584. The zero-order valence-corrected chi connectivity index (χ0v) is 9.91. The molecule has 0 aliphatic carbocycles. The van der Waals surface area contributed by atoms with Crippen LogP contribution in [-0.2, 0) is 12.7 Å². The van der Waals surface area contributed by atoms with Gasteiger partial charge in [0, 0.05) is 6.20 Å². The molecule has 0 saturated heterocycles. The lowest BCUT2D eigenvalue weighted by atomic mass is 9.80. The largest absolute Gasteiger partial charge is 0.509 e. The summed E-state index contributed by atoms with van der Waals surface area (Å²) in [5.41, 5.74) is -1.34. The molecule has 9 heteroatoms. The van der Waals surface area contributed by atoms with E-state index in [9.17, 15) is 26.1 Å². The maximum absolute atomic E-state index is 12.4. The normalized spacial score (nSPS) is 12.7. The second kappa shape index (κ2) is 4.88. The Kier molecular flexibility index (Phi) is 3.53. The van der Waals surface area contributed by atoms with Crippen molar-refractivity contribution in [1.29, 1.82) is 0 Å². The number of aromatic nitrogens is 2. The van der Waals surface area contributed by atoms with E-state index in [-0.39, 0.29) is 6.54 Å². The van der Waals surface area contributed by atoms with Crippen LogP contribution in [0.2, 0.25) is 0 Å². The van der Waals surface area contributed by atoms with Gasteiger partial charge in [-0.25, -0.2) is 0 Å². The van der Waals surface area contributed by atoms with Gasteiger partial charge in [0.15, 0.2) is 5.69 Å². The standard InChI is InChI=1S/C11H8BF6N2/c13-11(14,15)10-5-6-20(19-10)7-8-1-3-9(4-2-8)12(16,17)18/h1-6H,7H2/q-1. The van der Waals surface area contributed by atoms with Gasteiger partial charge >= 0.3 is 13.2 Å². The van der Waals surface area contributed by atoms with Gasteiger partial charge in [0.2, 0.25) is 0 Å². The minimum absolute atomic E-state index is 0.0266. The van der Waals surface area contributed by atoms with E-state index in [1.165, 1.54) is 12.1 Å². The first-order valence-corrected chi connectivity index (χ1v) is 5.56. The van der Waals surface area contributed by atoms with Gasteiger partial charge in [0.1, 0.15) is 0 Å². The molecule has 2 rings (SSSR count). The Balaban J connectivity index is 2.13. The van der Waals surface area contributed by atoms with Gasteiger partial charge in [0.05, 0.1) is 6.54 Å². The highest BCUT2D eigenvalue weighted by Gasteiger charge is 2.33. The lowest BCUT2D eigenvalue weighted by molar-refractivity contribution is -0.141. The molecule has 0 spiro atoms. The van der Waals surface area contributed by atoms with E-state index in [0.717, 1.165) is 29.1 Å². The number of nitrogens with zero attached hydrogens (tertiary/aromatic N) is 2. The minimum Gasteiger partial charge on any atom is -0.445 e. The van der Waals surface area contributed by atoms with Crippen LogP contribution in [0.15, 0.2) is 36.5 Å². The predicted molar refractivity (Wildman–Crippen MR) is 61.5 cm³/mol. The lowest BCUT2D eigenvalue weighted by Gasteiger charge is -2.14. The summed E-state index contributed by atoms with van der Waals surface area (Å²) < 4.78 is 75.2. The first-order chi connectivity index (χ1) is 9.16.